The summed E-state index contributed by atoms with van der Waals surface area (Å²) in [4.78, 5) is 24.1. The number of hydrogen-bond acceptors (Lipinski definition) is 6. The van der Waals surface area contributed by atoms with Crippen molar-refractivity contribution in [2.45, 2.75) is 50.7 Å². The monoisotopic (exact) mass is 391 g/mol. The maximum absolute atomic E-state index is 12.1. The Morgan fingerprint density at radius 3 is 2.81 bits per heavy atom. The fourth-order valence-electron chi connectivity index (χ4n) is 3.32. The molecule has 3 rings (SSSR count). The predicted molar refractivity (Wildman–Crippen MR) is 102 cm³/mol. The molecule has 146 valence electrons. The van der Waals surface area contributed by atoms with E-state index in [1.165, 1.54) is 18.2 Å². The lowest BCUT2D eigenvalue weighted by Crippen LogP contribution is -2.48. The Bertz CT molecular complexity index is 816. The number of imide groups is 1. The van der Waals surface area contributed by atoms with E-state index in [4.69, 9.17) is 4.42 Å². The van der Waals surface area contributed by atoms with E-state index in [-0.39, 0.29) is 17.7 Å². The Labute approximate surface area is 162 Å². The second kappa shape index (κ2) is 8.60. The minimum absolute atomic E-state index is 0.0873. The highest BCUT2D eigenvalue weighted by molar-refractivity contribution is 7.99. The average molecular weight is 391 g/mol. The Kier molecular flexibility index (Phi) is 6.20. The van der Waals surface area contributed by atoms with Crippen molar-refractivity contribution in [3.63, 3.8) is 0 Å². The molecule has 9 heteroatoms. The van der Waals surface area contributed by atoms with Gasteiger partial charge in [0, 0.05) is 13.1 Å². The van der Waals surface area contributed by atoms with Crippen molar-refractivity contribution >= 4 is 23.7 Å². The second-order valence-electron chi connectivity index (χ2n) is 6.93. The van der Waals surface area contributed by atoms with Crippen LogP contribution in [0.15, 0.2) is 21.9 Å². The molecule has 0 spiro atoms. The zero-order chi connectivity index (χ0) is 19.4. The van der Waals surface area contributed by atoms with Crippen LogP contribution >= 0.6 is 11.8 Å². The molecule has 2 N–H and O–H groups in total. The molecule has 0 bridgehead atoms. The molecular formula is C18H25N5O3S. The van der Waals surface area contributed by atoms with Crippen LogP contribution in [-0.2, 0) is 11.8 Å². The van der Waals surface area contributed by atoms with Gasteiger partial charge in [0.2, 0.25) is 5.91 Å². The van der Waals surface area contributed by atoms with E-state index in [0.29, 0.717) is 16.9 Å². The molecule has 0 aliphatic heterocycles. The number of hydrogen-bond donors (Lipinski definition) is 2. The number of thioether (sulfide) groups is 1. The normalized spacial score (nSPS) is 19.7. The molecule has 0 unspecified atom stereocenters. The molecule has 1 aliphatic carbocycles. The van der Waals surface area contributed by atoms with Gasteiger partial charge in [0.1, 0.15) is 5.76 Å². The molecule has 1 saturated carbocycles. The smallest absolute Gasteiger partial charge is 0.321 e. The van der Waals surface area contributed by atoms with Crippen molar-refractivity contribution in [3.8, 4) is 11.4 Å². The number of rotatable bonds is 5. The van der Waals surface area contributed by atoms with Crippen molar-refractivity contribution in [3.05, 3.63) is 18.1 Å². The van der Waals surface area contributed by atoms with E-state index < -0.39 is 6.03 Å². The fourth-order valence-corrected chi connectivity index (χ4v) is 4.03. The summed E-state index contributed by atoms with van der Waals surface area (Å²) in [6.07, 6.45) is 6.00. The summed E-state index contributed by atoms with van der Waals surface area (Å²) in [5.74, 6) is 1.60. The molecule has 3 amide bonds. The number of carbonyl (C=O) groups excluding carboxylic acids is 2. The summed E-state index contributed by atoms with van der Waals surface area (Å²) in [7, 11) is 1.83. The van der Waals surface area contributed by atoms with Gasteiger partial charge in [0.05, 0.1) is 17.6 Å². The molecule has 2 atom stereocenters. The summed E-state index contributed by atoms with van der Waals surface area (Å²) in [6, 6.07) is 1.54. The number of urea groups is 1. The number of carbonyl (C=O) groups is 2. The van der Waals surface area contributed by atoms with Crippen LogP contribution in [0.2, 0.25) is 0 Å². The molecule has 2 heterocycles. The summed E-state index contributed by atoms with van der Waals surface area (Å²) in [6.45, 7) is 3.99. The Balaban J connectivity index is 1.50. The molecule has 1 fully saturated rings. The molecule has 27 heavy (non-hydrogen) atoms. The molecule has 2 aromatic rings. The van der Waals surface area contributed by atoms with Crippen molar-refractivity contribution in [1.29, 1.82) is 0 Å². The van der Waals surface area contributed by atoms with Gasteiger partial charge in [-0.1, -0.05) is 31.5 Å². The molecule has 0 saturated heterocycles. The van der Waals surface area contributed by atoms with Crippen LogP contribution in [0, 0.1) is 12.8 Å². The highest BCUT2D eigenvalue weighted by Crippen LogP contribution is 2.26. The maximum atomic E-state index is 12.1. The number of furan rings is 1. The summed E-state index contributed by atoms with van der Waals surface area (Å²) in [5.41, 5.74) is 0.863. The third kappa shape index (κ3) is 4.71. The molecular weight excluding hydrogens is 366 g/mol. The number of aromatic nitrogens is 3. The molecule has 0 radical (unpaired) electrons. The van der Waals surface area contributed by atoms with Gasteiger partial charge in [-0.2, -0.15) is 0 Å². The number of amides is 3. The van der Waals surface area contributed by atoms with Gasteiger partial charge in [-0.25, -0.2) is 4.79 Å². The first kappa shape index (κ1) is 19.5. The van der Waals surface area contributed by atoms with E-state index in [2.05, 4.69) is 27.8 Å². The quantitative estimate of drug-likeness (QED) is 0.760. The molecule has 8 nitrogen and oxygen atoms in total. The zero-order valence-electron chi connectivity index (χ0n) is 15.8. The van der Waals surface area contributed by atoms with Crippen molar-refractivity contribution in [1.82, 2.24) is 25.4 Å². The van der Waals surface area contributed by atoms with Crippen LogP contribution in [0.25, 0.3) is 11.4 Å². The van der Waals surface area contributed by atoms with E-state index >= 15 is 0 Å². The lowest BCUT2D eigenvalue weighted by Gasteiger charge is -2.29. The van der Waals surface area contributed by atoms with Crippen molar-refractivity contribution in [2.75, 3.05) is 5.75 Å². The summed E-state index contributed by atoms with van der Waals surface area (Å²) in [5, 5.41) is 14.2. The van der Waals surface area contributed by atoms with Gasteiger partial charge >= 0.3 is 6.03 Å². The van der Waals surface area contributed by atoms with Gasteiger partial charge in [-0.05, 0) is 31.7 Å². The maximum Gasteiger partial charge on any atom is 0.321 e. The SMILES string of the molecule is Cc1occc1-c1nnc(SCC(=O)NC(=O)N[C@H]2CCCC[C@H]2C)n1C. The standard InChI is InChI=1S/C18H25N5O3S/c1-11-6-4-5-7-14(11)19-17(25)20-15(24)10-27-18-22-21-16(23(18)3)13-8-9-26-12(13)2/h8-9,11,14H,4-7,10H2,1-3H3,(H2,19,20,24,25)/t11-,14+/m1/s1. The second-order valence-corrected chi connectivity index (χ2v) is 7.88. The van der Waals surface area contributed by atoms with Gasteiger partial charge in [-0.15, -0.1) is 10.2 Å². The van der Waals surface area contributed by atoms with Crippen LogP contribution in [0.4, 0.5) is 4.79 Å². The zero-order valence-corrected chi connectivity index (χ0v) is 16.6. The van der Waals surface area contributed by atoms with E-state index in [0.717, 1.165) is 30.6 Å². The van der Waals surface area contributed by atoms with Crippen LogP contribution in [0.1, 0.15) is 38.4 Å². The molecule has 2 aromatic heterocycles. The minimum atomic E-state index is -0.424. The summed E-state index contributed by atoms with van der Waals surface area (Å²) < 4.78 is 7.10. The Hall–Kier alpha value is -2.29. The Morgan fingerprint density at radius 1 is 1.33 bits per heavy atom. The topological polar surface area (TPSA) is 102 Å². The van der Waals surface area contributed by atoms with Crippen LogP contribution in [0.3, 0.4) is 0 Å². The predicted octanol–water partition coefficient (Wildman–Crippen LogP) is 2.88. The molecule has 1 aliphatic rings. The summed E-state index contributed by atoms with van der Waals surface area (Å²) >= 11 is 1.23. The highest BCUT2D eigenvalue weighted by Gasteiger charge is 2.23. The largest absolute Gasteiger partial charge is 0.469 e. The highest BCUT2D eigenvalue weighted by atomic mass is 32.2. The third-order valence-electron chi connectivity index (χ3n) is 4.95. The van der Waals surface area contributed by atoms with Gasteiger partial charge < -0.3 is 14.3 Å². The molecule has 0 aromatic carbocycles. The number of aryl methyl sites for hydroxylation is 1. The van der Waals surface area contributed by atoms with E-state index in [1.54, 1.807) is 10.8 Å². The van der Waals surface area contributed by atoms with E-state index in [9.17, 15) is 9.59 Å². The van der Waals surface area contributed by atoms with E-state index in [1.807, 2.05) is 20.0 Å². The van der Waals surface area contributed by atoms with Crippen molar-refractivity contribution < 1.29 is 14.0 Å². The fraction of sp³-hybridized carbons (Fsp3) is 0.556. The lowest BCUT2D eigenvalue weighted by atomic mass is 9.86. The van der Waals surface area contributed by atoms with Gasteiger partial charge in [0.25, 0.3) is 0 Å². The Morgan fingerprint density at radius 2 is 2.11 bits per heavy atom. The van der Waals surface area contributed by atoms with Crippen LogP contribution in [-0.4, -0.2) is 38.5 Å². The van der Waals surface area contributed by atoms with Crippen LogP contribution < -0.4 is 10.6 Å². The van der Waals surface area contributed by atoms with Crippen LogP contribution in [0.5, 0.6) is 0 Å². The lowest BCUT2D eigenvalue weighted by molar-refractivity contribution is -0.117. The third-order valence-corrected chi connectivity index (χ3v) is 5.97. The first-order chi connectivity index (χ1) is 13.0. The number of nitrogens with zero attached hydrogens (tertiary/aromatic N) is 3. The average Bonchev–Trinajstić information content (AvgIpc) is 3.20. The first-order valence-corrected chi connectivity index (χ1v) is 10.1. The van der Waals surface area contributed by atoms with Gasteiger partial charge in [0.15, 0.2) is 11.0 Å². The van der Waals surface area contributed by atoms with Crippen molar-refractivity contribution in [2.24, 2.45) is 13.0 Å². The van der Waals surface area contributed by atoms with Gasteiger partial charge in [-0.3, -0.25) is 10.1 Å². The first-order valence-electron chi connectivity index (χ1n) is 9.12. The number of nitrogens with one attached hydrogen (secondary N) is 2. The minimum Gasteiger partial charge on any atom is -0.469 e.